The number of thioether (sulfide) groups is 1. The van der Waals surface area contributed by atoms with E-state index in [1.54, 1.807) is 0 Å². The van der Waals surface area contributed by atoms with Crippen LogP contribution < -0.4 is 15.5 Å². The molecule has 130 valence electrons. The van der Waals surface area contributed by atoms with E-state index >= 15 is 0 Å². The first-order valence-corrected chi connectivity index (χ1v) is 10.1. The summed E-state index contributed by atoms with van der Waals surface area (Å²) in [5.74, 6) is 0.912. The van der Waals surface area contributed by atoms with Gasteiger partial charge in [0.05, 0.1) is 0 Å². The number of aliphatic imine (C=N–C) groups is 1. The number of anilines is 1. The van der Waals surface area contributed by atoms with Crippen molar-refractivity contribution in [2.75, 3.05) is 31.3 Å². The predicted octanol–water partition coefficient (Wildman–Crippen LogP) is 3.01. The van der Waals surface area contributed by atoms with E-state index in [0.29, 0.717) is 6.04 Å². The zero-order chi connectivity index (χ0) is 16.8. The van der Waals surface area contributed by atoms with E-state index in [1.165, 1.54) is 30.5 Å². The van der Waals surface area contributed by atoms with Gasteiger partial charge < -0.3 is 15.5 Å². The molecule has 1 aromatic rings. The number of nitrogens with one attached hydrogen (secondary N) is 2. The lowest BCUT2D eigenvalue weighted by atomic mass is 10.2. The van der Waals surface area contributed by atoms with E-state index in [-0.39, 0.29) is 0 Å². The summed E-state index contributed by atoms with van der Waals surface area (Å²) in [6, 6.07) is 9.37. The van der Waals surface area contributed by atoms with Crippen LogP contribution in [0.3, 0.4) is 0 Å². The number of guanidine groups is 1. The minimum atomic E-state index is 0.554. The summed E-state index contributed by atoms with van der Waals surface area (Å²) in [5, 5.41) is 7.81. The lowest BCUT2D eigenvalue weighted by Gasteiger charge is -2.19. The third-order valence-corrected chi connectivity index (χ3v) is 5.96. The number of hydrogen-bond acceptors (Lipinski definition) is 3. The van der Waals surface area contributed by atoms with Crippen LogP contribution in [0.15, 0.2) is 41.4 Å². The zero-order valence-electron chi connectivity index (χ0n) is 14.7. The van der Waals surface area contributed by atoms with Gasteiger partial charge in [-0.15, -0.1) is 0 Å². The van der Waals surface area contributed by atoms with Crippen molar-refractivity contribution < 1.29 is 0 Å². The second kappa shape index (κ2) is 8.47. The van der Waals surface area contributed by atoms with Crippen molar-refractivity contribution in [2.45, 2.75) is 37.1 Å². The minimum absolute atomic E-state index is 0.554. The number of hydrogen-bond donors (Lipinski definition) is 2. The third kappa shape index (κ3) is 4.47. The Labute approximate surface area is 149 Å². The molecular weight excluding hydrogens is 316 g/mol. The van der Waals surface area contributed by atoms with Crippen LogP contribution in [0, 0.1) is 0 Å². The van der Waals surface area contributed by atoms with Gasteiger partial charge in [-0.3, -0.25) is 4.99 Å². The fourth-order valence-electron chi connectivity index (χ4n) is 3.37. The van der Waals surface area contributed by atoms with Crippen molar-refractivity contribution in [3.63, 3.8) is 0 Å². The van der Waals surface area contributed by atoms with E-state index in [9.17, 15) is 0 Å². The molecule has 2 aliphatic rings. The second-order valence-electron chi connectivity index (χ2n) is 6.48. The van der Waals surface area contributed by atoms with Crippen molar-refractivity contribution in [3.05, 3.63) is 42.0 Å². The van der Waals surface area contributed by atoms with Crippen molar-refractivity contribution in [1.82, 2.24) is 10.6 Å². The highest BCUT2D eigenvalue weighted by atomic mass is 32.2. The van der Waals surface area contributed by atoms with Crippen LogP contribution in [0.2, 0.25) is 0 Å². The smallest absolute Gasteiger partial charge is 0.191 e. The molecule has 1 heterocycles. The molecule has 0 spiro atoms. The first-order chi connectivity index (χ1) is 11.8. The SMILES string of the molecule is CN=C(NCc1ccc(N2CC=CC2)cc1)NC1CCC(SC)C1. The Morgan fingerprint density at radius 1 is 1.21 bits per heavy atom. The summed E-state index contributed by atoms with van der Waals surface area (Å²) in [6.45, 7) is 2.84. The van der Waals surface area contributed by atoms with Gasteiger partial charge in [-0.1, -0.05) is 24.3 Å². The van der Waals surface area contributed by atoms with Gasteiger partial charge in [-0.05, 0) is 43.2 Å². The predicted molar refractivity (Wildman–Crippen MR) is 106 cm³/mol. The zero-order valence-corrected chi connectivity index (χ0v) is 15.5. The lowest BCUT2D eigenvalue weighted by Crippen LogP contribution is -2.42. The van der Waals surface area contributed by atoms with E-state index < -0.39 is 0 Å². The van der Waals surface area contributed by atoms with Gasteiger partial charge in [0.25, 0.3) is 0 Å². The molecule has 1 aliphatic carbocycles. The van der Waals surface area contributed by atoms with Gasteiger partial charge in [0, 0.05) is 43.7 Å². The largest absolute Gasteiger partial charge is 0.364 e. The molecule has 5 heteroatoms. The van der Waals surface area contributed by atoms with Crippen LogP contribution in [0.25, 0.3) is 0 Å². The molecule has 2 unspecified atom stereocenters. The monoisotopic (exact) mass is 344 g/mol. The molecule has 0 radical (unpaired) electrons. The normalized spacial score (nSPS) is 23.8. The molecule has 1 fully saturated rings. The standard InChI is InChI=1S/C19H28N4S/c1-20-19(22-16-7-10-18(13-16)24-2)21-14-15-5-8-17(9-6-15)23-11-3-4-12-23/h3-6,8-9,16,18H,7,10-14H2,1-2H3,(H2,20,21,22). The van der Waals surface area contributed by atoms with E-state index in [2.05, 4.69) is 63.2 Å². The van der Waals surface area contributed by atoms with Gasteiger partial charge in [0.2, 0.25) is 0 Å². The van der Waals surface area contributed by atoms with E-state index in [4.69, 9.17) is 0 Å². The molecule has 1 aliphatic heterocycles. The molecule has 2 N–H and O–H groups in total. The molecule has 24 heavy (non-hydrogen) atoms. The van der Waals surface area contributed by atoms with Crippen molar-refractivity contribution in [2.24, 2.45) is 4.99 Å². The van der Waals surface area contributed by atoms with Crippen LogP contribution in [0.4, 0.5) is 5.69 Å². The minimum Gasteiger partial charge on any atom is -0.364 e. The lowest BCUT2D eigenvalue weighted by molar-refractivity contribution is 0.614. The van der Waals surface area contributed by atoms with E-state index in [0.717, 1.165) is 30.8 Å². The van der Waals surface area contributed by atoms with E-state index in [1.807, 2.05) is 18.8 Å². The van der Waals surface area contributed by atoms with Crippen LogP contribution in [-0.2, 0) is 6.54 Å². The summed E-state index contributed by atoms with van der Waals surface area (Å²) < 4.78 is 0. The molecule has 0 saturated heterocycles. The molecule has 0 aromatic heterocycles. The summed E-state index contributed by atoms with van der Waals surface area (Å²) in [4.78, 5) is 6.73. The molecule has 3 rings (SSSR count). The van der Waals surface area contributed by atoms with Crippen molar-refractivity contribution >= 4 is 23.4 Å². The topological polar surface area (TPSA) is 39.7 Å². The highest BCUT2D eigenvalue weighted by Gasteiger charge is 2.24. The number of rotatable bonds is 5. The van der Waals surface area contributed by atoms with Gasteiger partial charge in [0.1, 0.15) is 0 Å². The molecule has 1 aromatic carbocycles. The second-order valence-corrected chi connectivity index (χ2v) is 7.62. The van der Waals surface area contributed by atoms with Gasteiger partial charge in [-0.2, -0.15) is 11.8 Å². The summed E-state index contributed by atoms with van der Waals surface area (Å²) in [5.41, 5.74) is 2.57. The summed E-state index contributed by atoms with van der Waals surface area (Å²) in [6.07, 6.45) is 10.4. The maximum Gasteiger partial charge on any atom is 0.191 e. The Hall–Kier alpha value is -1.62. The average Bonchev–Trinajstić information content (AvgIpc) is 3.30. The number of benzene rings is 1. The maximum absolute atomic E-state index is 4.37. The van der Waals surface area contributed by atoms with Crippen LogP contribution in [0.1, 0.15) is 24.8 Å². The first kappa shape index (κ1) is 17.2. The number of nitrogens with zero attached hydrogens (tertiary/aromatic N) is 2. The fraction of sp³-hybridized carbons (Fsp3) is 0.526. The quantitative estimate of drug-likeness (QED) is 0.489. The maximum atomic E-state index is 4.37. The van der Waals surface area contributed by atoms with Gasteiger partial charge >= 0.3 is 0 Å². The Kier molecular flexibility index (Phi) is 6.07. The highest BCUT2D eigenvalue weighted by molar-refractivity contribution is 7.99. The first-order valence-electron chi connectivity index (χ1n) is 8.77. The molecule has 0 bridgehead atoms. The van der Waals surface area contributed by atoms with Crippen molar-refractivity contribution in [3.8, 4) is 0 Å². The van der Waals surface area contributed by atoms with Gasteiger partial charge in [0.15, 0.2) is 5.96 Å². The molecule has 0 amide bonds. The molecular formula is C19H28N4S. The van der Waals surface area contributed by atoms with Crippen LogP contribution >= 0.6 is 11.8 Å². The fourth-order valence-corrected chi connectivity index (χ4v) is 4.17. The Morgan fingerprint density at radius 3 is 2.58 bits per heavy atom. The highest BCUT2D eigenvalue weighted by Crippen LogP contribution is 2.28. The Balaban J connectivity index is 1.47. The summed E-state index contributed by atoms with van der Waals surface area (Å²) in [7, 11) is 1.85. The van der Waals surface area contributed by atoms with Crippen LogP contribution in [0.5, 0.6) is 0 Å². The average molecular weight is 345 g/mol. The van der Waals surface area contributed by atoms with Crippen molar-refractivity contribution in [1.29, 1.82) is 0 Å². The summed E-state index contributed by atoms with van der Waals surface area (Å²) >= 11 is 1.98. The molecule has 4 nitrogen and oxygen atoms in total. The Morgan fingerprint density at radius 2 is 1.96 bits per heavy atom. The molecule has 2 atom stereocenters. The third-order valence-electron chi connectivity index (χ3n) is 4.86. The molecule has 1 saturated carbocycles. The van der Waals surface area contributed by atoms with Crippen LogP contribution in [-0.4, -0.2) is 43.6 Å². The Bertz CT molecular complexity index is 574. The van der Waals surface area contributed by atoms with Gasteiger partial charge in [-0.25, -0.2) is 0 Å².